The molecule has 1 heterocycles. The van der Waals surface area contributed by atoms with Gasteiger partial charge in [0.05, 0.1) is 0 Å². The molecule has 1 aliphatic carbocycles. The normalized spacial score (nSPS) is 12.7. The third-order valence-corrected chi connectivity index (χ3v) is 10.7. The smallest absolute Gasteiger partial charge is 0.143 e. The first-order valence-electron chi connectivity index (χ1n) is 18.7. The zero-order chi connectivity index (χ0) is 35.8. The van der Waals surface area contributed by atoms with Gasteiger partial charge in [-0.05, 0) is 87.3 Å². The molecule has 0 atom stereocenters. The van der Waals surface area contributed by atoms with Crippen LogP contribution in [-0.4, -0.2) is 0 Å². The van der Waals surface area contributed by atoms with Gasteiger partial charge in [-0.1, -0.05) is 170 Å². The van der Waals surface area contributed by atoms with Crippen LogP contribution in [0.4, 0.5) is 11.4 Å². The van der Waals surface area contributed by atoms with E-state index < -0.39 is 0 Å². The molecule has 9 aromatic rings. The van der Waals surface area contributed by atoms with E-state index in [4.69, 9.17) is 4.42 Å². The third kappa shape index (κ3) is 5.60. The standard InChI is InChI=1S/C52H37NO/c1-3-14-37(15-4-1)46-24-12-26-49-50-27-13-25-48(52(50)54-51(46)49)47-22-10-9-21-45(47)39-30-34-42(35-31-39)53(40-18-5-2-6-19-40)41-32-28-38(29-33-41)44-23-11-17-36-16-7-8-20-43(36)44/h1,3-5,7-35H,2,6H2. The van der Waals surface area contributed by atoms with Crippen molar-refractivity contribution in [2.24, 2.45) is 0 Å². The Morgan fingerprint density at radius 1 is 0.370 bits per heavy atom. The lowest BCUT2D eigenvalue weighted by atomic mass is 9.93. The predicted molar refractivity (Wildman–Crippen MR) is 228 cm³/mol. The second kappa shape index (κ2) is 13.6. The first-order chi connectivity index (χ1) is 26.8. The molecule has 2 heteroatoms. The van der Waals surface area contributed by atoms with Crippen molar-refractivity contribution in [1.29, 1.82) is 0 Å². The summed E-state index contributed by atoms with van der Waals surface area (Å²) in [5.74, 6) is 0. The zero-order valence-corrected chi connectivity index (χ0v) is 29.8. The Balaban J connectivity index is 1.03. The van der Waals surface area contributed by atoms with Gasteiger partial charge in [-0.3, -0.25) is 0 Å². The van der Waals surface area contributed by atoms with E-state index in [9.17, 15) is 0 Å². The number of fused-ring (bicyclic) bond motifs is 4. The number of rotatable bonds is 7. The van der Waals surface area contributed by atoms with Crippen molar-refractivity contribution in [3.8, 4) is 44.5 Å². The van der Waals surface area contributed by atoms with E-state index >= 15 is 0 Å². The van der Waals surface area contributed by atoms with E-state index in [1.54, 1.807) is 0 Å². The van der Waals surface area contributed by atoms with Gasteiger partial charge in [-0.25, -0.2) is 0 Å². The van der Waals surface area contributed by atoms with Crippen LogP contribution in [0.25, 0.3) is 77.2 Å². The molecule has 0 saturated heterocycles. The van der Waals surface area contributed by atoms with Crippen molar-refractivity contribution in [2.45, 2.75) is 12.8 Å². The topological polar surface area (TPSA) is 16.4 Å². The molecule has 1 aromatic heterocycles. The quantitative estimate of drug-likeness (QED) is 0.165. The molecule has 0 aliphatic heterocycles. The number of para-hydroxylation sites is 2. The van der Waals surface area contributed by atoms with Crippen LogP contribution in [0, 0.1) is 0 Å². The summed E-state index contributed by atoms with van der Waals surface area (Å²) in [5.41, 5.74) is 14.6. The maximum absolute atomic E-state index is 6.82. The first kappa shape index (κ1) is 31.8. The monoisotopic (exact) mass is 691 g/mol. The Bertz CT molecular complexity index is 2850. The number of anilines is 2. The second-order valence-corrected chi connectivity index (χ2v) is 13.9. The molecule has 54 heavy (non-hydrogen) atoms. The van der Waals surface area contributed by atoms with Gasteiger partial charge in [0.15, 0.2) is 0 Å². The Hall–Kier alpha value is -6.90. The van der Waals surface area contributed by atoms with Crippen molar-refractivity contribution in [3.05, 3.63) is 206 Å². The molecular formula is C52H37NO. The third-order valence-electron chi connectivity index (χ3n) is 10.7. The van der Waals surface area contributed by atoms with Crippen LogP contribution >= 0.6 is 0 Å². The summed E-state index contributed by atoms with van der Waals surface area (Å²) in [7, 11) is 0. The number of allylic oxidation sites excluding steroid dienone is 3. The fourth-order valence-corrected chi connectivity index (χ4v) is 8.12. The summed E-state index contributed by atoms with van der Waals surface area (Å²) < 4.78 is 6.82. The molecule has 10 rings (SSSR count). The molecule has 1 aliphatic rings. The van der Waals surface area contributed by atoms with Gasteiger partial charge >= 0.3 is 0 Å². The minimum absolute atomic E-state index is 0.911. The Kier molecular flexibility index (Phi) is 8.00. The zero-order valence-electron chi connectivity index (χ0n) is 29.8. The SMILES string of the molecule is C1=CC(N(c2ccc(-c3ccccc3-c3cccc4c3oc3c(-c5ccccc5)cccc34)cc2)c2ccc(-c3cccc4ccccc34)cc2)=CCC1. The van der Waals surface area contributed by atoms with E-state index in [1.165, 1.54) is 33.2 Å². The molecule has 0 spiro atoms. The van der Waals surface area contributed by atoms with Gasteiger partial charge in [-0.15, -0.1) is 0 Å². The van der Waals surface area contributed by atoms with E-state index in [-0.39, 0.29) is 0 Å². The van der Waals surface area contributed by atoms with Crippen molar-refractivity contribution < 1.29 is 4.42 Å². The fourth-order valence-electron chi connectivity index (χ4n) is 8.12. The Labute approximate surface area is 315 Å². The molecular weight excluding hydrogens is 655 g/mol. The maximum atomic E-state index is 6.82. The van der Waals surface area contributed by atoms with E-state index in [0.717, 1.165) is 74.0 Å². The summed E-state index contributed by atoms with van der Waals surface area (Å²) in [6, 6.07) is 65.3. The van der Waals surface area contributed by atoms with E-state index in [1.807, 2.05) is 0 Å². The summed E-state index contributed by atoms with van der Waals surface area (Å²) in [5, 5.41) is 4.78. The summed E-state index contributed by atoms with van der Waals surface area (Å²) in [6.45, 7) is 0. The molecule has 0 N–H and O–H groups in total. The molecule has 0 unspecified atom stereocenters. The minimum Gasteiger partial charge on any atom is -0.455 e. The van der Waals surface area contributed by atoms with Crippen LogP contribution < -0.4 is 4.90 Å². The van der Waals surface area contributed by atoms with Crippen molar-refractivity contribution in [2.75, 3.05) is 4.90 Å². The Morgan fingerprint density at radius 3 is 1.61 bits per heavy atom. The summed E-state index contributed by atoms with van der Waals surface area (Å²) in [6.07, 6.45) is 8.97. The van der Waals surface area contributed by atoms with Crippen LogP contribution in [0.1, 0.15) is 12.8 Å². The van der Waals surface area contributed by atoms with Gasteiger partial charge in [0.2, 0.25) is 0 Å². The molecule has 2 nitrogen and oxygen atoms in total. The molecule has 0 bridgehead atoms. The number of furan rings is 1. The summed E-state index contributed by atoms with van der Waals surface area (Å²) >= 11 is 0. The van der Waals surface area contributed by atoms with Gasteiger partial charge < -0.3 is 9.32 Å². The average molecular weight is 692 g/mol. The van der Waals surface area contributed by atoms with Gasteiger partial charge in [0.25, 0.3) is 0 Å². The number of benzene rings is 8. The molecule has 0 saturated carbocycles. The Morgan fingerprint density at radius 2 is 0.889 bits per heavy atom. The van der Waals surface area contributed by atoms with Gasteiger partial charge in [0, 0.05) is 39.0 Å². The van der Waals surface area contributed by atoms with Crippen molar-refractivity contribution in [1.82, 2.24) is 0 Å². The molecule has 256 valence electrons. The van der Waals surface area contributed by atoms with Crippen LogP contribution in [0.15, 0.2) is 210 Å². The van der Waals surface area contributed by atoms with E-state index in [2.05, 4.69) is 205 Å². The van der Waals surface area contributed by atoms with Gasteiger partial charge in [-0.2, -0.15) is 0 Å². The van der Waals surface area contributed by atoms with Crippen LogP contribution in [-0.2, 0) is 0 Å². The highest BCUT2D eigenvalue weighted by Crippen LogP contribution is 2.43. The lowest BCUT2D eigenvalue weighted by Crippen LogP contribution is -2.16. The van der Waals surface area contributed by atoms with Crippen molar-refractivity contribution in [3.63, 3.8) is 0 Å². The second-order valence-electron chi connectivity index (χ2n) is 13.9. The molecule has 8 aromatic carbocycles. The largest absolute Gasteiger partial charge is 0.455 e. The fraction of sp³-hybridized carbons (Fsp3) is 0.0385. The number of nitrogens with zero attached hydrogens (tertiary/aromatic N) is 1. The number of hydrogen-bond acceptors (Lipinski definition) is 2. The first-order valence-corrected chi connectivity index (χ1v) is 18.7. The lowest BCUT2D eigenvalue weighted by Gasteiger charge is -2.28. The van der Waals surface area contributed by atoms with Crippen LogP contribution in [0.3, 0.4) is 0 Å². The van der Waals surface area contributed by atoms with Crippen LogP contribution in [0.2, 0.25) is 0 Å². The molecule has 0 fully saturated rings. The van der Waals surface area contributed by atoms with Crippen LogP contribution in [0.5, 0.6) is 0 Å². The number of hydrogen-bond donors (Lipinski definition) is 0. The highest BCUT2D eigenvalue weighted by Gasteiger charge is 2.19. The van der Waals surface area contributed by atoms with Gasteiger partial charge in [0.1, 0.15) is 11.2 Å². The average Bonchev–Trinajstić information content (AvgIpc) is 3.64. The highest BCUT2D eigenvalue weighted by molar-refractivity contribution is 6.13. The highest BCUT2D eigenvalue weighted by atomic mass is 16.3. The lowest BCUT2D eigenvalue weighted by molar-refractivity contribution is 0.671. The predicted octanol–water partition coefficient (Wildman–Crippen LogP) is 14.8. The molecule has 0 amide bonds. The van der Waals surface area contributed by atoms with E-state index in [0.29, 0.717) is 0 Å². The summed E-state index contributed by atoms with van der Waals surface area (Å²) in [4.78, 5) is 2.37. The minimum atomic E-state index is 0.911. The maximum Gasteiger partial charge on any atom is 0.143 e. The molecule has 0 radical (unpaired) electrons. The van der Waals surface area contributed by atoms with Crippen molar-refractivity contribution >= 4 is 44.1 Å².